The molecule has 0 saturated carbocycles. The van der Waals surface area contributed by atoms with Crippen LogP contribution in [0.2, 0.25) is 0 Å². The highest BCUT2D eigenvalue weighted by Gasteiger charge is 2.19. The summed E-state index contributed by atoms with van der Waals surface area (Å²) in [5, 5.41) is 0. The van der Waals surface area contributed by atoms with Crippen molar-refractivity contribution in [3.63, 3.8) is 0 Å². The zero-order valence-electron chi connectivity index (χ0n) is 43.7. The molecule has 0 spiro atoms. The van der Waals surface area contributed by atoms with Crippen LogP contribution in [0.4, 0.5) is 0 Å². The third-order valence-corrected chi connectivity index (χ3v) is 12.2. The summed E-state index contributed by atoms with van der Waals surface area (Å²) in [5.74, 6) is -0.903. The van der Waals surface area contributed by atoms with E-state index in [1.807, 2.05) is 0 Å². The molecule has 0 aromatic carbocycles. The lowest BCUT2D eigenvalue weighted by molar-refractivity contribution is -0.167. The largest absolute Gasteiger partial charge is 0.462 e. The molecule has 0 saturated heterocycles. The van der Waals surface area contributed by atoms with Gasteiger partial charge in [-0.3, -0.25) is 14.4 Å². The Morgan fingerprint density at radius 3 is 0.909 bits per heavy atom. The summed E-state index contributed by atoms with van der Waals surface area (Å²) in [6.07, 6.45) is 67.8. The van der Waals surface area contributed by atoms with E-state index in [1.165, 1.54) is 148 Å². The van der Waals surface area contributed by atoms with Crippen molar-refractivity contribution in [2.45, 2.75) is 290 Å². The van der Waals surface area contributed by atoms with Crippen molar-refractivity contribution in [3.8, 4) is 0 Å². The Labute approximate surface area is 409 Å². The molecule has 0 N–H and O–H groups in total. The second-order valence-electron chi connectivity index (χ2n) is 18.8. The summed E-state index contributed by atoms with van der Waals surface area (Å²) in [6, 6.07) is 0. The molecule has 0 heterocycles. The number of carbonyl (C=O) groups excluding carboxylic acids is 3. The Balaban J connectivity index is 4.35. The van der Waals surface area contributed by atoms with Crippen molar-refractivity contribution < 1.29 is 28.6 Å². The molecule has 0 radical (unpaired) electrons. The maximum absolute atomic E-state index is 12.8. The van der Waals surface area contributed by atoms with Crippen molar-refractivity contribution in [3.05, 3.63) is 60.8 Å². The van der Waals surface area contributed by atoms with Crippen LogP contribution >= 0.6 is 0 Å². The molecule has 0 amide bonds. The highest BCUT2D eigenvalue weighted by atomic mass is 16.6. The van der Waals surface area contributed by atoms with E-state index in [0.717, 1.165) is 96.3 Å². The van der Waals surface area contributed by atoms with Crippen LogP contribution in [-0.4, -0.2) is 37.2 Å². The number of allylic oxidation sites excluding steroid dienone is 10. The van der Waals surface area contributed by atoms with Gasteiger partial charge in [-0.05, 0) is 103 Å². The van der Waals surface area contributed by atoms with Crippen LogP contribution in [0.5, 0.6) is 0 Å². The fourth-order valence-corrected chi connectivity index (χ4v) is 7.90. The van der Waals surface area contributed by atoms with Crippen molar-refractivity contribution in [1.29, 1.82) is 0 Å². The molecule has 0 fully saturated rings. The van der Waals surface area contributed by atoms with Crippen LogP contribution in [-0.2, 0) is 28.6 Å². The monoisotopic (exact) mass is 923 g/mol. The van der Waals surface area contributed by atoms with Gasteiger partial charge in [0.05, 0.1) is 0 Å². The summed E-state index contributed by atoms with van der Waals surface area (Å²) >= 11 is 0. The van der Waals surface area contributed by atoms with Gasteiger partial charge >= 0.3 is 17.9 Å². The van der Waals surface area contributed by atoms with Crippen molar-refractivity contribution in [1.82, 2.24) is 0 Å². The Bertz CT molecular complexity index is 1200. The van der Waals surface area contributed by atoms with Gasteiger partial charge in [0.25, 0.3) is 0 Å². The van der Waals surface area contributed by atoms with E-state index in [0.29, 0.717) is 19.3 Å². The summed E-state index contributed by atoms with van der Waals surface area (Å²) in [4.78, 5) is 38.1. The van der Waals surface area contributed by atoms with Gasteiger partial charge in [0, 0.05) is 19.3 Å². The number of hydrogen-bond donors (Lipinski definition) is 0. The first kappa shape index (κ1) is 63.1. The van der Waals surface area contributed by atoms with Crippen molar-refractivity contribution >= 4 is 17.9 Å². The Morgan fingerprint density at radius 2 is 0.561 bits per heavy atom. The highest BCUT2D eigenvalue weighted by molar-refractivity contribution is 5.71. The van der Waals surface area contributed by atoms with E-state index in [9.17, 15) is 14.4 Å². The van der Waals surface area contributed by atoms with Crippen LogP contribution in [0.15, 0.2) is 60.8 Å². The first-order valence-corrected chi connectivity index (χ1v) is 28.3. The van der Waals surface area contributed by atoms with E-state index < -0.39 is 6.10 Å². The van der Waals surface area contributed by atoms with Crippen LogP contribution in [0, 0.1) is 0 Å². The number of unbranched alkanes of at least 4 members (excludes halogenated alkanes) is 30. The molecule has 66 heavy (non-hydrogen) atoms. The summed E-state index contributed by atoms with van der Waals surface area (Å²) in [6.45, 7) is 6.57. The molecule has 0 bridgehead atoms. The first-order valence-electron chi connectivity index (χ1n) is 28.3. The number of esters is 3. The molecular formula is C60H106O6. The van der Waals surface area contributed by atoms with Gasteiger partial charge in [-0.1, -0.05) is 223 Å². The standard InChI is InChI=1S/C60H106O6/c1-4-7-10-13-16-19-22-25-27-28-29-30-31-32-33-36-38-41-44-47-50-53-59(62)65-56-57(55-64-58(61)52-49-46-43-40-37-34-24-21-18-15-12-9-6-3)66-60(63)54-51-48-45-42-39-35-26-23-20-17-14-11-8-5-2/h14,17,21-26,28-29,57H,4-13,15-16,18-20,27,30-56H2,1-3H3/b17-14-,24-21-,25-22-,26-23-,29-28-. The van der Waals surface area contributed by atoms with Gasteiger partial charge in [-0.15, -0.1) is 0 Å². The van der Waals surface area contributed by atoms with Crippen LogP contribution in [0.1, 0.15) is 284 Å². The highest BCUT2D eigenvalue weighted by Crippen LogP contribution is 2.15. The van der Waals surface area contributed by atoms with E-state index in [1.54, 1.807) is 0 Å². The number of hydrogen-bond acceptors (Lipinski definition) is 6. The smallest absolute Gasteiger partial charge is 0.306 e. The lowest BCUT2D eigenvalue weighted by Crippen LogP contribution is -2.30. The van der Waals surface area contributed by atoms with E-state index in [4.69, 9.17) is 14.2 Å². The van der Waals surface area contributed by atoms with Gasteiger partial charge in [-0.2, -0.15) is 0 Å². The Hall–Kier alpha value is -2.89. The Morgan fingerprint density at radius 1 is 0.303 bits per heavy atom. The lowest BCUT2D eigenvalue weighted by atomic mass is 10.1. The molecular weight excluding hydrogens is 817 g/mol. The van der Waals surface area contributed by atoms with Gasteiger partial charge in [0.2, 0.25) is 0 Å². The second kappa shape index (κ2) is 54.7. The topological polar surface area (TPSA) is 78.9 Å². The average molecular weight is 924 g/mol. The number of carbonyl (C=O) groups is 3. The van der Waals surface area contributed by atoms with Crippen LogP contribution < -0.4 is 0 Å². The summed E-state index contributed by atoms with van der Waals surface area (Å²) < 4.78 is 16.8. The Kier molecular flexibility index (Phi) is 52.3. The van der Waals surface area contributed by atoms with Gasteiger partial charge < -0.3 is 14.2 Å². The maximum atomic E-state index is 12.8. The molecule has 6 heteroatoms. The molecule has 0 aromatic heterocycles. The van der Waals surface area contributed by atoms with Crippen LogP contribution in [0.25, 0.3) is 0 Å². The molecule has 1 unspecified atom stereocenters. The zero-order valence-corrected chi connectivity index (χ0v) is 43.7. The third-order valence-electron chi connectivity index (χ3n) is 12.2. The van der Waals surface area contributed by atoms with Gasteiger partial charge in [0.15, 0.2) is 6.10 Å². The molecule has 0 aliphatic carbocycles. The molecule has 1 atom stereocenters. The minimum absolute atomic E-state index is 0.0841. The SMILES string of the molecule is CCCC/C=C\C/C=C\CCCCCCCC(=O)OC(COC(=O)CCCCCCC/C=C\CCCCCC)COC(=O)CCCCCCCCCCC/C=C\C/C=C\CCCCCCC. The van der Waals surface area contributed by atoms with Crippen molar-refractivity contribution in [2.75, 3.05) is 13.2 Å². The quantitative estimate of drug-likeness (QED) is 0.0262. The molecule has 0 aliphatic heterocycles. The molecule has 6 nitrogen and oxygen atoms in total. The second-order valence-corrected chi connectivity index (χ2v) is 18.8. The molecule has 0 rings (SSSR count). The molecule has 0 aliphatic rings. The van der Waals surface area contributed by atoms with E-state index in [-0.39, 0.29) is 31.1 Å². The van der Waals surface area contributed by atoms with E-state index >= 15 is 0 Å². The van der Waals surface area contributed by atoms with Gasteiger partial charge in [0.1, 0.15) is 13.2 Å². The number of rotatable bonds is 51. The predicted octanol–water partition coefficient (Wildman–Crippen LogP) is 18.8. The summed E-state index contributed by atoms with van der Waals surface area (Å²) in [5.41, 5.74) is 0. The van der Waals surface area contributed by atoms with E-state index in [2.05, 4.69) is 81.5 Å². The van der Waals surface area contributed by atoms with Crippen molar-refractivity contribution in [2.24, 2.45) is 0 Å². The van der Waals surface area contributed by atoms with Gasteiger partial charge in [-0.25, -0.2) is 0 Å². The fraction of sp³-hybridized carbons (Fsp3) is 0.783. The molecule has 382 valence electrons. The summed E-state index contributed by atoms with van der Waals surface area (Å²) in [7, 11) is 0. The maximum Gasteiger partial charge on any atom is 0.306 e. The average Bonchev–Trinajstić information content (AvgIpc) is 3.31. The number of ether oxygens (including phenoxy) is 3. The lowest BCUT2D eigenvalue weighted by Gasteiger charge is -2.18. The fourth-order valence-electron chi connectivity index (χ4n) is 7.90. The normalized spacial score (nSPS) is 12.5. The predicted molar refractivity (Wildman–Crippen MR) is 284 cm³/mol. The zero-order chi connectivity index (χ0) is 47.9. The third kappa shape index (κ3) is 52.1. The van der Waals surface area contributed by atoms with Crippen LogP contribution in [0.3, 0.4) is 0 Å². The minimum Gasteiger partial charge on any atom is -0.462 e. The first-order chi connectivity index (χ1) is 32.5. The molecule has 0 aromatic rings. The minimum atomic E-state index is -0.786.